The van der Waals surface area contributed by atoms with Crippen molar-refractivity contribution in [1.29, 1.82) is 0 Å². The van der Waals surface area contributed by atoms with Crippen LogP contribution in [0.4, 0.5) is 0 Å². The molecule has 2 aromatic heterocycles. The summed E-state index contributed by atoms with van der Waals surface area (Å²) in [6.07, 6.45) is 0.969. The number of rotatable bonds is 6. The molecule has 1 atom stereocenters. The number of thiophene rings is 1. The smallest absolute Gasteiger partial charge is 0.191 e. The third-order valence-corrected chi connectivity index (χ3v) is 5.63. The standard InChI is InChI=1S/C20H26N4S/c1-14(19-9-6-12-25-19)13-23-20(21-3)22-11-10-16-15(2)24-18-8-5-4-7-17(16)18/h4-9,12,14,24H,10-11,13H2,1-3H3,(H2,21,22,23). The molecule has 0 aliphatic carbocycles. The Balaban J connectivity index is 1.52. The largest absolute Gasteiger partial charge is 0.358 e. The Morgan fingerprint density at radius 2 is 2.04 bits per heavy atom. The van der Waals surface area contributed by atoms with Crippen molar-refractivity contribution in [3.8, 4) is 0 Å². The molecule has 0 saturated carbocycles. The van der Waals surface area contributed by atoms with Crippen LogP contribution in [0.1, 0.15) is 29.0 Å². The van der Waals surface area contributed by atoms with Crippen molar-refractivity contribution >= 4 is 28.2 Å². The number of fused-ring (bicyclic) bond motifs is 1. The van der Waals surface area contributed by atoms with E-state index in [9.17, 15) is 0 Å². The zero-order chi connectivity index (χ0) is 17.6. The zero-order valence-corrected chi connectivity index (χ0v) is 15.9. The highest BCUT2D eigenvalue weighted by molar-refractivity contribution is 7.10. The number of para-hydroxylation sites is 1. The number of guanidine groups is 1. The molecule has 5 heteroatoms. The van der Waals surface area contributed by atoms with Gasteiger partial charge in [0.2, 0.25) is 0 Å². The average Bonchev–Trinajstić information content (AvgIpc) is 3.26. The quantitative estimate of drug-likeness (QED) is 0.462. The van der Waals surface area contributed by atoms with E-state index in [0.29, 0.717) is 5.92 Å². The van der Waals surface area contributed by atoms with Gasteiger partial charge in [-0.3, -0.25) is 4.99 Å². The molecule has 2 heterocycles. The number of nitrogens with zero attached hydrogens (tertiary/aromatic N) is 1. The van der Waals surface area contributed by atoms with E-state index in [2.05, 4.69) is 76.2 Å². The minimum Gasteiger partial charge on any atom is -0.358 e. The van der Waals surface area contributed by atoms with Crippen molar-refractivity contribution in [1.82, 2.24) is 15.6 Å². The van der Waals surface area contributed by atoms with Crippen molar-refractivity contribution in [2.75, 3.05) is 20.1 Å². The van der Waals surface area contributed by atoms with E-state index in [0.717, 1.165) is 25.5 Å². The first-order valence-electron chi connectivity index (χ1n) is 8.73. The molecule has 1 unspecified atom stereocenters. The number of benzene rings is 1. The van der Waals surface area contributed by atoms with E-state index >= 15 is 0 Å². The maximum atomic E-state index is 4.33. The monoisotopic (exact) mass is 354 g/mol. The van der Waals surface area contributed by atoms with Crippen LogP contribution in [0.25, 0.3) is 10.9 Å². The summed E-state index contributed by atoms with van der Waals surface area (Å²) >= 11 is 1.81. The molecule has 3 rings (SSSR count). The molecule has 0 radical (unpaired) electrons. The van der Waals surface area contributed by atoms with Gasteiger partial charge in [-0.1, -0.05) is 31.2 Å². The van der Waals surface area contributed by atoms with Gasteiger partial charge in [-0.25, -0.2) is 0 Å². The number of aromatic amines is 1. The van der Waals surface area contributed by atoms with Gasteiger partial charge in [-0.05, 0) is 36.4 Å². The Morgan fingerprint density at radius 1 is 1.20 bits per heavy atom. The van der Waals surface area contributed by atoms with Crippen LogP contribution in [0.15, 0.2) is 46.8 Å². The predicted octanol–water partition coefficient (Wildman–Crippen LogP) is 4.05. The molecule has 3 aromatic rings. The Labute approximate surface area is 153 Å². The molecule has 0 fully saturated rings. The normalized spacial score (nSPS) is 13.2. The van der Waals surface area contributed by atoms with E-state index in [1.54, 1.807) is 11.3 Å². The van der Waals surface area contributed by atoms with E-state index in [4.69, 9.17) is 0 Å². The molecule has 0 aliphatic rings. The lowest BCUT2D eigenvalue weighted by atomic mass is 10.1. The summed E-state index contributed by atoms with van der Waals surface area (Å²) in [7, 11) is 1.82. The van der Waals surface area contributed by atoms with Gasteiger partial charge in [0.25, 0.3) is 0 Å². The molecule has 0 aliphatic heterocycles. The Hall–Kier alpha value is -2.27. The first-order valence-corrected chi connectivity index (χ1v) is 9.61. The number of hydrogen-bond donors (Lipinski definition) is 3. The second kappa shape index (κ2) is 8.21. The van der Waals surface area contributed by atoms with Gasteiger partial charge in [-0.2, -0.15) is 0 Å². The lowest BCUT2D eigenvalue weighted by Gasteiger charge is -2.15. The third-order valence-electron chi connectivity index (χ3n) is 4.52. The molecule has 3 N–H and O–H groups in total. The molecular weight excluding hydrogens is 328 g/mol. The summed E-state index contributed by atoms with van der Waals surface area (Å²) in [6.45, 7) is 6.12. The second-order valence-electron chi connectivity index (χ2n) is 6.32. The second-order valence-corrected chi connectivity index (χ2v) is 7.30. The highest BCUT2D eigenvalue weighted by Gasteiger charge is 2.09. The first-order chi connectivity index (χ1) is 12.2. The van der Waals surface area contributed by atoms with Crippen LogP contribution >= 0.6 is 11.3 Å². The Kier molecular flexibility index (Phi) is 5.76. The lowest BCUT2D eigenvalue weighted by Crippen LogP contribution is -2.39. The highest BCUT2D eigenvalue weighted by Crippen LogP contribution is 2.22. The van der Waals surface area contributed by atoms with Crippen LogP contribution in [0, 0.1) is 6.92 Å². The summed E-state index contributed by atoms with van der Waals surface area (Å²) in [4.78, 5) is 9.20. The summed E-state index contributed by atoms with van der Waals surface area (Å²) in [5, 5.41) is 10.3. The zero-order valence-electron chi connectivity index (χ0n) is 15.1. The van der Waals surface area contributed by atoms with Crippen LogP contribution in [-0.4, -0.2) is 31.1 Å². The number of hydrogen-bond acceptors (Lipinski definition) is 2. The molecule has 1 aromatic carbocycles. The molecule has 25 heavy (non-hydrogen) atoms. The highest BCUT2D eigenvalue weighted by atomic mass is 32.1. The van der Waals surface area contributed by atoms with Gasteiger partial charge in [-0.15, -0.1) is 11.3 Å². The maximum Gasteiger partial charge on any atom is 0.191 e. The van der Waals surface area contributed by atoms with Crippen LogP contribution in [0.2, 0.25) is 0 Å². The van der Waals surface area contributed by atoms with Crippen molar-refractivity contribution in [3.63, 3.8) is 0 Å². The van der Waals surface area contributed by atoms with Gasteiger partial charge >= 0.3 is 0 Å². The SMILES string of the molecule is CN=C(NCCc1c(C)[nH]c2ccccc12)NCC(C)c1cccs1. The number of H-pyrrole nitrogens is 1. The van der Waals surface area contributed by atoms with Crippen molar-refractivity contribution in [3.05, 3.63) is 57.9 Å². The van der Waals surface area contributed by atoms with Gasteiger partial charge in [0.05, 0.1) is 0 Å². The minimum atomic E-state index is 0.481. The number of aliphatic imine (C=N–C) groups is 1. The summed E-state index contributed by atoms with van der Waals surface area (Å²) in [5.41, 5.74) is 3.84. The van der Waals surface area contributed by atoms with Crippen LogP contribution in [0.5, 0.6) is 0 Å². The van der Waals surface area contributed by atoms with Crippen molar-refractivity contribution in [2.45, 2.75) is 26.2 Å². The van der Waals surface area contributed by atoms with Gasteiger partial charge < -0.3 is 15.6 Å². The summed E-state index contributed by atoms with van der Waals surface area (Å²) in [6, 6.07) is 12.8. The number of aromatic nitrogens is 1. The van der Waals surface area contributed by atoms with Crippen molar-refractivity contribution in [2.24, 2.45) is 4.99 Å². The lowest BCUT2D eigenvalue weighted by molar-refractivity contribution is 0.707. The van der Waals surface area contributed by atoms with Gasteiger partial charge in [0, 0.05) is 47.5 Å². The minimum absolute atomic E-state index is 0.481. The fourth-order valence-electron chi connectivity index (χ4n) is 3.11. The summed E-state index contributed by atoms with van der Waals surface area (Å²) < 4.78 is 0. The molecule has 0 amide bonds. The van der Waals surface area contributed by atoms with Crippen LogP contribution in [-0.2, 0) is 6.42 Å². The molecule has 0 saturated heterocycles. The van der Waals surface area contributed by atoms with Crippen LogP contribution in [0.3, 0.4) is 0 Å². The number of nitrogens with one attached hydrogen (secondary N) is 3. The fourth-order valence-corrected chi connectivity index (χ4v) is 3.89. The summed E-state index contributed by atoms with van der Waals surface area (Å²) in [5.74, 6) is 1.34. The maximum absolute atomic E-state index is 4.33. The first kappa shape index (κ1) is 17.5. The fraction of sp³-hybridized carbons (Fsp3) is 0.350. The molecular formula is C20H26N4S. The van der Waals surface area contributed by atoms with E-state index in [1.165, 1.54) is 27.0 Å². The van der Waals surface area contributed by atoms with Crippen molar-refractivity contribution < 1.29 is 0 Å². The Morgan fingerprint density at radius 3 is 2.80 bits per heavy atom. The molecule has 0 spiro atoms. The average molecular weight is 355 g/mol. The predicted molar refractivity (Wildman–Crippen MR) is 109 cm³/mol. The molecule has 0 bridgehead atoms. The molecule has 132 valence electrons. The molecule has 4 nitrogen and oxygen atoms in total. The van der Waals surface area contributed by atoms with Crippen LogP contribution < -0.4 is 10.6 Å². The van der Waals surface area contributed by atoms with Gasteiger partial charge in [0.1, 0.15) is 0 Å². The van der Waals surface area contributed by atoms with E-state index < -0.39 is 0 Å². The third kappa shape index (κ3) is 4.23. The van der Waals surface area contributed by atoms with E-state index in [-0.39, 0.29) is 0 Å². The van der Waals surface area contributed by atoms with Gasteiger partial charge in [0.15, 0.2) is 5.96 Å². The Bertz CT molecular complexity index is 833. The topological polar surface area (TPSA) is 52.2 Å². The van der Waals surface area contributed by atoms with E-state index in [1.807, 2.05) is 7.05 Å². The number of aryl methyl sites for hydroxylation is 1.